The highest BCUT2D eigenvalue weighted by Crippen LogP contribution is 2.27. The number of benzene rings is 2. The Balaban J connectivity index is 0.941. The molecule has 19 heteroatoms. The summed E-state index contributed by atoms with van der Waals surface area (Å²) in [6.07, 6.45) is -2.14. The molecule has 5 aromatic rings. The lowest BCUT2D eigenvalue weighted by atomic mass is 9.85. The molecule has 51 heavy (non-hydrogen) atoms. The Hall–Kier alpha value is -4.54. The monoisotopic (exact) mass is 704 g/mol. The summed E-state index contributed by atoms with van der Waals surface area (Å²) in [7, 11) is 0. The van der Waals surface area contributed by atoms with E-state index in [0.29, 0.717) is 47.1 Å². The molecule has 0 aliphatic heterocycles. The lowest BCUT2D eigenvalue weighted by Gasteiger charge is -2.39. The Morgan fingerprint density at radius 2 is 0.961 bits per heavy atom. The van der Waals surface area contributed by atoms with Crippen molar-refractivity contribution in [2.75, 3.05) is 0 Å². The van der Waals surface area contributed by atoms with Gasteiger partial charge in [0.1, 0.15) is 35.8 Å². The van der Waals surface area contributed by atoms with Crippen LogP contribution in [-0.2, 0) is 22.7 Å². The molecule has 7 rings (SSSR count). The van der Waals surface area contributed by atoms with Gasteiger partial charge >= 0.3 is 0 Å². The van der Waals surface area contributed by atoms with Crippen LogP contribution in [0.2, 0.25) is 0 Å². The van der Waals surface area contributed by atoms with Crippen LogP contribution < -0.4 is 22.9 Å². The van der Waals surface area contributed by atoms with Crippen LogP contribution in [0.3, 0.4) is 0 Å². The van der Waals surface area contributed by atoms with Crippen LogP contribution in [0.5, 0.6) is 0 Å². The minimum atomic E-state index is -1.20. The zero-order valence-electron chi connectivity index (χ0n) is 27.3. The molecule has 2 aliphatic rings. The van der Waals surface area contributed by atoms with E-state index in [1.165, 1.54) is 0 Å². The predicted octanol–water partition coefficient (Wildman–Crippen LogP) is -2.10. The van der Waals surface area contributed by atoms with E-state index in [1.54, 1.807) is 21.8 Å². The molecular weight excluding hydrogens is 664 g/mol. The lowest BCUT2D eigenvalue weighted by molar-refractivity contribution is -0.132. The third-order valence-electron chi connectivity index (χ3n) is 9.29. The second kappa shape index (κ2) is 14.6. The van der Waals surface area contributed by atoms with Crippen LogP contribution in [0.25, 0.3) is 34.3 Å². The maximum atomic E-state index is 10.3. The molecule has 0 amide bonds. The molecule has 12 N–H and O–H groups in total. The Morgan fingerprint density at radius 1 is 0.569 bits per heavy atom. The van der Waals surface area contributed by atoms with Crippen molar-refractivity contribution in [1.82, 2.24) is 40.2 Å². The Bertz CT molecular complexity index is 1770. The summed E-state index contributed by atoms with van der Waals surface area (Å²) in [5, 5.41) is 65.8. The molecule has 0 radical (unpaired) electrons. The van der Waals surface area contributed by atoms with Gasteiger partial charge in [-0.1, -0.05) is 10.4 Å². The number of aliphatic hydroxyl groups excluding tert-OH is 4. The molecule has 3 heterocycles. The van der Waals surface area contributed by atoms with E-state index >= 15 is 0 Å². The average molecular weight is 705 g/mol. The first-order chi connectivity index (χ1) is 24.5. The lowest BCUT2D eigenvalue weighted by Crippen LogP contribution is -2.61. The highest BCUT2D eigenvalue weighted by Gasteiger charge is 2.42. The number of hydrogen-bond acceptors (Lipinski definition) is 17. The summed E-state index contributed by atoms with van der Waals surface area (Å²) in [6, 6.07) is 12.3. The van der Waals surface area contributed by atoms with Crippen LogP contribution in [-0.4, -0.2) is 121 Å². The molecule has 10 atom stereocenters. The van der Waals surface area contributed by atoms with Crippen LogP contribution >= 0.6 is 0 Å². The van der Waals surface area contributed by atoms with Crippen molar-refractivity contribution in [3.05, 3.63) is 72.3 Å². The summed E-state index contributed by atoms with van der Waals surface area (Å²) >= 11 is 0. The third-order valence-corrected chi connectivity index (χ3v) is 9.29. The fourth-order valence-corrected chi connectivity index (χ4v) is 6.34. The van der Waals surface area contributed by atoms with Gasteiger partial charge in [-0.05, 0) is 61.4 Å². The van der Waals surface area contributed by atoms with E-state index in [9.17, 15) is 20.4 Å². The molecule has 0 unspecified atom stereocenters. The first kappa shape index (κ1) is 34.9. The molecule has 2 aromatic carbocycles. The van der Waals surface area contributed by atoms with Gasteiger partial charge in [0.25, 0.3) is 0 Å². The highest BCUT2D eigenvalue weighted by molar-refractivity contribution is 5.60. The average Bonchev–Trinajstić information content (AvgIpc) is 3.92. The van der Waals surface area contributed by atoms with Crippen molar-refractivity contribution < 1.29 is 34.3 Å². The van der Waals surface area contributed by atoms with Crippen molar-refractivity contribution in [3.8, 4) is 34.3 Å². The van der Waals surface area contributed by atoms with Gasteiger partial charge in [-0.3, -0.25) is 0 Å². The van der Waals surface area contributed by atoms with E-state index in [0.717, 1.165) is 11.4 Å². The van der Waals surface area contributed by atoms with Gasteiger partial charge in [0.05, 0.1) is 49.2 Å². The summed E-state index contributed by atoms with van der Waals surface area (Å²) in [6.45, 7) is 0.0843. The Labute approximate surface area is 290 Å². The zero-order chi connectivity index (χ0) is 35.8. The van der Waals surface area contributed by atoms with E-state index in [1.807, 2.05) is 48.5 Å². The fourth-order valence-electron chi connectivity index (χ4n) is 6.34. The first-order valence-corrected chi connectivity index (χ1v) is 16.4. The van der Waals surface area contributed by atoms with Crippen molar-refractivity contribution in [2.24, 2.45) is 22.9 Å². The molecule has 19 nitrogen and oxygen atoms in total. The second-order valence-corrected chi connectivity index (χ2v) is 13.0. The molecular formula is C32H40N12O7. The standard InChI is InChI=1S/C32H40N12O7/c33-21-9-23(35)29(27(47)25(21)45)49-13-17-11-43(41-37-17)19-5-1-15(2-6-19)31-39-40-32(51-31)16-3-7-20(8-4-16)44-12-18(38-42-44)14-50-30-24(36)10-22(34)26(46)28(30)48/h1-8,11-12,21-30,45-48H,9-10,13-14,33-36H2/t21-,22-,23+,24+,25+,26+,27-,28-,29-,30-/m1/s1. The molecule has 2 fully saturated rings. The highest BCUT2D eigenvalue weighted by atomic mass is 16.5. The smallest absolute Gasteiger partial charge is 0.248 e. The zero-order valence-corrected chi connectivity index (χ0v) is 27.3. The minimum Gasteiger partial charge on any atom is -0.416 e. The van der Waals surface area contributed by atoms with Crippen molar-refractivity contribution in [2.45, 2.75) is 86.8 Å². The normalized spacial score (nSPS) is 29.7. The first-order valence-electron chi connectivity index (χ1n) is 16.4. The van der Waals surface area contributed by atoms with Gasteiger partial charge in [-0.2, -0.15) is 0 Å². The van der Waals surface area contributed by atoms with Gasteiger partial charge in [0, 0.05) is 35.3 Å². The summed E-state index contributed by atoms with van der Waals surface area (Å²) in [4.78, 5) is 0. The number of rotatable bonds is 10. The van der Waals surface area contributed by atoms with E-state index in [4.69, 9.17) is 36.8 Å². The molecule has 0 saturated heterocycles. The topological polar surface area (TPSA) is 304 Å². The van der Waals surface area contributed by atoms with Crippen LogP contribution in [0.4, 0.5) is 0 Å². The number of hydrogen-bond donors (Lipinski definition) is 8. The number of aromatic nitrogens is 8. The van der Waals surface area contributed by atoms with Gasteiger partial charge in [0.2, 0.25) is 11.8 Å². The molecule has 2 saturated carbocycles. The van der Waals surface area contributed by atoms with Crippen LogP contribution in [0, 0.1) is 0 Å². The van der Waals surface area contributed by atoms with Crippen molar-refractivity contribution in [3.63, 3.8) is 0 Å². The van der Waals surface area contributed by atoms with E-state index in [-0.39, 0.29) is 13.2 Å². The summed E-state index contributed by atoms with van der Waals surface area (Å²) in [5.41, 5.74) is 27.7. The fraction of sp³-hybridized carbons (Fsp3) is 0.438. The Kier molecular flexibility index (Phi) is 9.99. The predicted molar refractivity (Wildman–Crippen MR) is 177 cm³/mol. The van der Waals surface area contributed by atoms with Crippen LogP contribution in [0.15, 0.2) is 65.3 Å². The third kappa shape index (κ3) is 7.30. The number of aliphatic hydroxyl groups is 4. The minimum absolute atomic E-state index is 0.0421. The SMILES string of the molecule is N[C@@H]1C[C@H](N)[C@@H](OCc2cn(-c3ccc(-c4nnc(-c5ccc(-n6cc(CO[C@H]7[C@H](O)[C@@H](O)[C@H](N)C[C@@H]7N)nn6)cc5)o4)cc3)nn2)[C@H](O)[C@H]1O. The number of ether oxygens (including phenoxy) is 2. The summed E-state index contributed by atoms with van der Waals surface area (Å²) < 4.78 is 20.7. The van der Waals surface area contributed by atoms with E-state index < -0.39 is 60.8 Å². The maximum absolute atomic E-state index is 10.3. The molecule has 270 valence electrons. The van der Waals surface area contributed by atoms with Gasteiger partial charge in [0.15, 0.2) is 0 Å². The second-order valence-electron chi connectivity index (χ2n) is 13.0. The maximum Gasteiger partial charge on any atom is 0.248 e. The summed E-state index contributed by atoms with van der Waals surface area (Å²) in [5.74, 6) is 0.659. The van der Waals surface area contributed by atoms with E-state index in [2.05, 4.69) is 30.8 Å². The van der Waals surface area contributed by atoms with Gasteiger partial charge < -0.3 is 57.3 Å². The molecule has 0 bridgehead atoms. The van der Waals surface area contributed by atoms with Gasteiger partial charge in [-0.25, -0.2) is 9.36 Å². The largest absolute Gasteiger partial charge is 0.416 e. The van der Waals surface area contributed by atoms with Crippen molar-refractivity contribution >= 4 is 0 Å². The van der Waals surface area contributed by atoms with Crippen LogP contribution in [0.1, 0.15) is 24.2 Å². The molecule has 0 spiro atoms. The number of nitrogens with zero attached hydrogens (tertiary/aromatic N) is 8. The molecule has 2 aliphatic carbocycles. The number of nitrogens with two attached hydrogens (primary N) is 4. The molecule has 3 aromatic heterocycles. The Morgan fingerprint density at radius 3 is 1.35 bits per heavy atom. The quantitative estimate of drug-likeness (QED) is 0.0771. The van der Waals surface area contributed by atoms with Gasteiger partial charge in [-0.15, -0.1) is 20.4 Å². The van der Waals surface area contributed by atoms with Crippen molar-refractivity contribution in [1.29, 1.82) is 0 Å².